The Morgan fingerprint density at radius 3 is 2.15 bits per heavy atom. The SMILES string of the molecule is Cc1cc(C)c(C(=O)P(O)Oc2ccccc2)c(C)c1. The molecule has 20 heavy (non-hydrogen) atoms. The third-order valence-electron chi connectivity index (χ3n) is 3.00. The molecule has 0 aliphatic carbocycles. The molecule has 0 bridgehead atoms. The first kappa shape index (κ1) is 14.7. The van der Waals surface area contributed by atoms with E-state index in [2.05, 4.69) is 0 Å². The molecule has 0 radical (unpaired) electrons. The van der Waals surface area contributed by atoms with Crippen LogP contribution in [-0.2, 0) is 0 Å². The van der Waals surface area contributed by atoms with Crippen molar-refractivity contribution in [3.8, 4) is 5.75 Å². The lowest BCUT2D eigenvalue weighted by Gasteiger charge is -2.14. The van der Waals surface area contributed by atoms with Gasteiger partial charge in [0.25, 0.3) is 5.52 Å². The van der Waals surface area contributed by atoms with Crippen LogP contribution in [0.25, 0.3) is 0 Å². The van der Waals surface area contributed by atoms with Crippen molar-refractivity contribution in [3.05, 3.63) is 64.7 Å². The van der Waals surface area contributed by atoms with Gasteiger partial charge in [0.05, 0.1) is 0 Å². The Hall–Kier alpha value is -1.70. The number of aryl methyl sites for hydroxylation is 3. The molecular weight excluding hydrogens is 271 g/mol. The molecule has 0 saturated heterocycles. The molecule has 0 aliphatic heterocycles. The molecule has 0 aliphatic rings. The van der Waals surface area contributed by atoms with E-state index in [1.165, 1.54) is 0 Å². The Balaban J connectivity index is 2.23. The summed E-state index contributed by atoms with van der Waals surface area (Å²) in [6.45, 7) is 5.73. The number of carbonyl (C=O) groups is 1. The highest BCUT2D eigenvalue weighted by Gasteiger charge is 2.24. The van der Waals surface area contributed by atoms with Gasteiger partial charge in [-0.1, -0.05) is 35.9 Å². The van der Waals surface area contributed by atoms with Crippen LogP contribution < -0.4 is 4.52 Å². The second-order valence-electron chi connectivity index (χ2n) is 4.76. The summed E-state index contributed by atoms with van der Waals surface area (Å²) in [4.78, 5) is 22.4. The normalized spacial score (nSPS) is 12.0. The molecule has 2 aromatic rings. The summed E-state index contributed by atoms with van der Waals surface area (Å²) in [5, 5.41) is 0. The van der Waals surface area contributed by atoms with Crippen molar-refractivity contribution in [1.82, 2.24) is 0 Å². The quantitative estimate of drug-likeness (QED) is 0.860. The zero-order valence-corrected chi connectivity index (χ0v) is 12.6. The number of carbonyl (C=O) groups excluding carboxylic acids is 1. The van der Waals surface area contributed by atoms with Crippen molar-refractivity contribution in [1.29, 1.82) is 0 Å². The molecule has 0 spiro atoms. The topological polar surface area (TPSA) is 46.5 Å². The van der Waals surface area contributed by atoms with Gasteiger partial charge in [0, 0.05) is 5.56 Å². The lowest BCUT2D eigenvalue weighted by molar-refractivity contribution is 0.106. The second kappa shape index (κ2) is 6.17. The molecule has 1 unspecified atom stereocenters. The number of hydrogen-bond donors (Lipinski definition) is 1. The maximum Gasteiger partial charge on any atom is 0.306 e. The van der Waals surface area contributed by atoms with Gasteiger partial charge in [-0.15, -0.1) is 0 Å². The van der Waals surface area contributed by atoms with E-state index in [0.29, 0.717) is 11.3 Å². The van der Waals surface area contributed by atoms with Crippen LogP contribution in [0.5, 0.6) is 5.75 Å². The van der Waals surface area contributed by atoms with Gasteiger partial charge in [-0.05, 0) is 44.0 Å². The predicted molar refractivity (Wildman–Crippen MR) is 81.2 cm³/mol. The van der Waals surface area contributed by atoms with Gasteiger partial charge in [0.1, 0.15) is 5.75 Å². The first-order chi connectivity index (χ1) is 9.49. The number of rotatable bonds is 4. The molecule has 3 nitrogen and oxygen atoms in total. The van der Waals surface area contributed by atoms with Gasteiger partial charge in [-0.2, -0.15) is 0 Å². The molecule has 1 atom stereocenters. The first-order valence-corrected chi connectivity index (χ1v) is 7.54. The van der Waals surface area contributed by atoms with Crippen LogP contribution in [0.1, 0.15) is 27.0 Å². The van der Waals surface area contributed by atoms with Crippen molar-refractivity contribution >= 4 is 13.9 Å². The number of hydrogen-bond acceptors (Lipinski definition) is 3. The van der Waals surface area contributed by atoms with E-state index in [4.69, 9.17) is 4.52 Å². The van der Waals surface area contributed by atoms with Gasteiger partial charge >= 0.3 is 8.38 Å². The lowest BCUT2D eigenvalue weighted by Crippen LogP contribution is -2.06. The molecule has 0 heterocycles. The van der Waals surface area contributed by atoms with Crippen molar-refractivity contribution in [2.75, 3.05) is 0 Å². The van der Waals surface area contributed by atoms with Crippen LogP contribution in [0.2, 0.25) is 0 Å². The van der Waals surface area contributed by atoms with Crippen molar-refractivity contribution in [2.45, 2.75) is 20.8 Å². The van der Waals surface area contributed by atoms with E-state index in [0.717, 1.165) is 16.7 Å². The minimum Gasteiger partial charge on any atom is -0.442 e. The fourth-order valence-corrected chi connectivity index (χ4v) is 3.18. The zero-order chi connectivity index (χ0) is 14.7. The third-order valence-corrected chi connectivity index (χ3v) is 3.95. The molecule has 2 rings (SSSR count). The summed E-state index contributed by atoms with van der Waals surface area (Å²) in [6, 6.07) is 12.7. The van der Waals surface area contributed by atoms with Crippen LogP contribution in [0.15, 0.2) is 42.5 Å². The highest BCUT2D eigenvalue weighted by atomic mass is 31.2. The minimum atomic E-state index is -2.18. The Morgan fingerprint density at radius 1 is 1.05 bits per heavy atom. The molecule has 2 aromatic carbocycles. The average molecular weight is 288 g/mol. The summed E-state index contributed by atoms with van der Waals surface area (Å²) >= 11 is 0. The summed E-state index contributed by atoms with van der Waals surface area (Å²) < 4.78 is 5.34. The van der Waals surface area contributed by atoms with Crippen LogP contribution in [0.4, 0.5) is 0 Å². The van der Waals surface area contributed by atoms with E-state index in [1.807, 2.05) is 39.0 Å². The van der Waals surface area contributed by atoms with Crippen LogP contribution in [0, 0.1) is 20.8 Å². The van der Waals surface area contributed by atoms with Gasteiger partial charge in [-0.25, -0.2) is 0 Å². The van der Waals surface area contributed by atoms with E-state index in [9.17, 15) is 9.69 Å². The van der Waals surface area contributed by atoms with Gasteiger partial charge in [0.2, 0.25) is 0 Å². The predicted octanol–water partition coefficient (Wildman–Crippen LogP) is 4.14. The van der Waals surface area contributed by atoms with Crippen molar-refractivity contribution < 1.29 is 14.2 Å². The summed E-state index contributed by atoms with van der Waals surface area (Å²) in [5.41, 5.74) is 3.04. The van der Waals surface area contributed by atoms with Crippen molar-refractivity contribution in [3.63, 3.8) is 0 Å². The lowest BCUT2D eigenvalue weighted by atomic mass is 10.0. The Morgan fingerprint density at radius 2 is 1.60 bits per heavy atom. The van der Waals surface area contributed by atoms with E-state index in [1.54, 1.807) is 24.3 Å². The Kier molecular flexibility index (Phi) is 4.53. The fraction of sp³-hybridized carbons (Fsp3) is 0.188. The summed E-state index contributed by atoms with van der Waals surface area (Å²) in [6.07, 6.45) is 0. The molecule has 104 valence electrons. The molecule has 0 saturated carbocycles. The first-order valence-electron chi connectivity index (χ1n) is 6.33. The smallest absolute Gasteiger partial charge is 0.306 e. The highest BCUT2D eigenvalue weighted by molar-refractivity contribution is 7.66. The number of para-hydroxylation sites is 1. The molecule has 1 N–H and O–H groups in total. The monoisotopic (exact) mass is 288 g/mol. The number of benzene rings is 2. The van der Waals surface area contributed by atoms with E-state index in [-0.39, 0.29) is 5.52 Å². The van der Waals surface area contributed by atoms with Crippen LogP contribution >= 0.6 is 8.38 Å². The third kappa shape index (κ3) is 3.24. The molecule has 0 aromatic heterocycles. The second-order valence-corrected chi connectivity index (χ2v) is 5.89. The minimum absolute atomic E-state index is 0.348. The van der Waals surface area contributed by atoms with Crippen LogP contribution in [0.3, 0.4) is 0 Å². The maximum atomic E-state index is 12.4. The highest BCUT2D eigenvalue weighted by Crippen LogP contribution is 2.39. The van der Waals surface area contributed by atoms with E-state index >= 15 is 0 Å². The largest absolute Gasteiger partial charge is 0.442 e. The van der Waals surface area contributed by atoms with E-state index < -0.39 is 8.38 Å². The molecular formula is C16H17O3P. The van der Waals surface area contributed by atoms with Gasteiger partial charge in [0.15, 0.2) is 0 Å². The van der Waals surface area contributed by atoms with Gasteiger partial charge in [-0.3, -0.25) is 4.79 Å². The Labute approximate surface area is 120 Å². The van der Waals surface area contributed by atoms with Crippen LogP contribution in [-0.4, -0.2) is 10.4 Å². The molecule has 0 fully saturated rings. The molecule has 0 amide bonds. The maximum absolute atomic E-state index is 12.4. The molecule has 4 heteroatoms. The fourth-order valence-electron chi connectivity index (χ4n) is 2.24. The standard InChI is InChI=1S/C16H17O3P/c1-11-9-12(2)15(13(3)10-11)16(17)20(18)19-14-7-5-4-6-8-14/h4-10,18H,1-3H3. The zero-order valence-electron chi connectivity index (χ0n) is 11.8. The summed E-state index contributed by atoms with van der Waals surface area (Å²) in [7, 11) is -2.18. The summed E-state index contributed by atoms with van der Waals surface area (Å²) in [5.74, 6) is 0.497. The van der Waals surface area contributed by atoms with Crippen molar-refractivity contribution in [2.24, 2.45) is 0 Å². The average Bonchev–Trinajstić information content (AvgIpc) is 2.38. The van der Waals surface area contributed by atoms with Gasteiger partial charge < -0.3 is 9.42 Å². The Bertz CT molecular complexity index is 600.